The number of rotatable bonds is 11. The van der Waals surface area contributed by atoms with E-state index in [2.05, 4.69) is 63.1 Å². The number of likely N-dealkylation sites (tertiary alicyclic amines) is 3. The van der Waals surface area contributed by atoms with Crippen molar-refractivity contribution in [2.45, 2.75) is 165 Å². The lowest BCUT2D eigenvalue weighted by atomic mass is 9.73. The van der Waals surface area contributed by atoms with E-state index < -0.39 is 5.41 Å². The second-order valence-corrected chi connectivity index (χ2v) is 22.8. The van der Waals surface area contributed by atoms with Crippen molar-refractivity contribution < 1.29 is 28.7 Å². The Morgan fingerprint density at radius 3 is 2.14 bits per heavy atom. The Kier molecular flexibility index (Phi) is 12.6. The number of imidazole rings is 1. The van der Waals surface area contributed by atoms with Crippen LogP contribution in [0.3, 0.4) is 0 Å². The summed E-state index contributed by atoms with van der Waals surface area (Å²) in [6, 6.07) is 17.6. The Morgan fingerprint density at radius 1 is 0.764 bits per heavy atom. The van der Waals surface area contributed by atoms with Crippen LogP contribution in [0.1, 0.15) is 146 Å². The fourth-order valence-corrected chi connectivity index (χ4v) is 13.5. The number of piperidine rings is 4. The van der Waals surface area contributed by atoms with E-state index in [1.807, 2.05) is 40.4 Å². The molecule has 72 heavy (non-hydrogen) atoms. The first kappa shape index (κ1) is 47.2. The first-order chi connectivity index (χ1) is 35.0. The molecule has 2 aromatic carbocycles. The zero-order chi connectivity index (χ0) is 49.3. The van der Waals surface area contributed by atoms with Crippen molar-refractivity contribution >= 4 is 52.1 Å². The lowest BCUT2D eigenvalue weighted by Crippen LogP contribution is -2.58. The minimum atomic E-state index is -0.671. The standard InChI is InChI=1S/C57H71N9O6/c1-35(2)65-34-58-48-33-47(60-52(51(48)65)59-40-11-12-40)39-10-18-46-49(30-39)66(42-31-41(32-42)62-24-4-3-5-25-62)56(71)57(46)22-28-64(29-23-57)55(70)38-20-26-63(27-21-38)54(69)37-8-15-44(16-9-37)72-43-13-6-36(7-14-43)45-17-19-50(67)61-53(45)68/h6-7,10,13-14,18,30,33-35,37-38,40-42,44-45H,3-5,8-9,11-12,15-17,19-29,31-32H2,1-2H3,(H,59,60)(H,61,67,68)/t37-,41-,42+,44-,45?. The van der Waals surface area contributed by atoms with Crippen LogP contribution in [0, 0.1) is 11.8 Å². The van der Waals surface area contributed by atoms with Crippen molar-refractivity contribution in [3.63, 3.8) is 0 Å². The molecule has 5 aliphatic heterocycles. The van der Waals surface area contributed by atoms with E-state index in [0.29, 0.717) is 76.8 Å². The molecule has 2 N–H and O–H groups in total. The molecule has 8 aliphatic rings. The van der Waals surface area contributed by atoms with Crippen LogP contribution < -0.4 is 20.3 Å². The molecule has 3 aliphatic carbocycles. The second kappa shape index (κ2) is 19.2. The first-order valence-corrected chi connectivity index (χ1v) is 27.5. The maximum atomic E-state index is 15.2. The number of pyridine rings is 1. The quantitative estimate of drug-likeness (QED) is 0.142. The largest absolute Gasteiger partial charge is 0.490 e. The van der Waals surface area contributed by atoms with Gasteiger partial charge in [-0.1, -0.05) is 30.7 Å². The third kappa shape index (κ3) is 8.84. The van der Waals surface area contributed by atoms with Gasteiger partial charge < -0.3 is 34.2 Å². The highest BCUT2D eigenvalue weighted by molar-refractivity contribution is 6.09. The highest BCUT2D eigenvalue weighted by Gasteiger charge is 2.56. The number of hydrogen-bond donors (Lipinski definition) is 2. The summed E-state index contributed by atoms with van der Waals surface area (Å²) in [7, 11) is 0. The van der Waals surface area contributed by atoms with E-state index in [1.165, 1.54) is 19.3 Å². The number of anilines is 2. The van der Waals surface area contributed by atoms with E-state index in [4.69, 9.17) is 14.7 Å². The van der Waals surface area contributed by atoms with Gasteiger partial charge in [-0.15, -0.1) is 0 Å². The van der Waals surface area contributed by atoms with Crippen LogP contribution in [0.5, 0.6) is 5.75 Å². The average molecular weight is 978 g/mol. The number of aromatic nitrogens is 3. The van der Waals surface area contributed by atoms with E-state index >= 15 is 4.79 Å². The molecule has 7 fully saturated rings. The molecule has 5 amide bonds. The van der Waals surface area contributed by atoms with Crippen molar-refractivity contribution in [1.82, 2.24) is 34.6 Å². The number of hydrogen-bond acceptors (Lipinski definition) is 10. The van der Waals surface area contributed by atoms with Crippen molar-refractivity contribution in [2.24, 2.45) is 11.8 Å². The molecule has 12 rings (SSSR count). The van der Waals surface area contributed by atoms with Gasteiger partial charge in [0.2, 0.25) is 29.5 Å². The Labute approximate surface area is 422 Å². The minimum absolute atomic E-state index is 0.0214. The summed E-state index contributed by atoms with van der Waals surface area (Å²) >= 11 is 0. The number of ether oxygens (including phenoxy) is 1. The van der Waals surface area contributed by atoms with Crippen LogP contribution in [-0.4, -0.2) is 122 Å². The molecule has 0 bridgehead atoms. The highest BCUT2D eigenvalue weighted by atomic mass is 16.5. The molecule has 1 spiro atoms. The molecule has 3 saturated carbocycles. The summed E-state index contributed by atoms with van der Waals surface area (Å²) < 4.78 is 8.52. The smallest absolute Gasteiger partial charge is 0.238 e. The van der Waals surface area contributed by atoms with Crippen LogP contribution in [0.4, 0.5) is 11.5 Å². The SMILES string of the molecule is CC(C)n1cnc2cc(-c3ccc4c(c3)N([C@H]3C[C@@H](N5CCCCC5)C3)C(=O)C43CCN(C(=O)C4CCN(C(=O)[C@H]5CC[C@H](Oc6ccc(C7CCC(=O)NC7=O)cc6)CC5)CC4)CC3)nc(NC3CC3)c21. The van der Waals surface area contributed by atoms with Gasteiger partial charge in [-0.05, 0) is 159 Å². The van der Waals surface area contributed by atoms with Crippen LogP contribution in [-0.2, 0) is 29.4 Å². The number of carbonyl (C=O) groups is 5. The van der Waals surface area contributed by atoms with Gasteiger partial charge in [0.05, 0.1) is 35.0 Å². The summed E-state index contributed by atoms with van der Waals surface area (Å²) in [6.45, 7) is 8.91. The average Bonchev–Trinajstić information content (AvgIpc) is 4.05. The lowest BCUT2D eigenvalue weighted by molar-refractivity contribution is -0.145. The molecule has 15 nitrogen and oxygen atoms in total. The molecular weight excluding hydrogens is 907 g/mol. The first-order valence-electron chi connectivity index (χ1n) is 27.5. The number of nitrogens with zero attached hydrogens (tertiary/aromatic N) is 7. The van der Waals surface area contributed by atoms with Gasteiger partial charge in [0.1, 0.15) is 11.3 Å². The van der Waals surface area contributed by atoms with Crippen molar-refractivity contribution in [3.8, 4) is 17.0 Å². The van der Waals surface area contributed by atoms with Gasteiger partial charge in [-0.25, -0.2) is 9.97 Å². The molecule has 2 aromatic heterocycles. The number of carbonyl (C=O) groups excluding carboxylic acids is 5. The van der Waals surface area contributed by atoms with Crippen LogP contribution in [0.25, 0.3) is 22.3 Å². The van der Waals surface area contributed by atoms with Crippen LogP contribution in [0.15, 0.2) is 54.9 Å². The Hall–Kier alpha value is -5.83. The monoisotopic (exact) mass is 978 g/mol. The Morgan fingerprint density at radius 2 is 1.46 bits per heavy atom. The number of benzene rings is 2. The predicted molar refractivity (Wildman–Crippen MR) is 274 cm³/mol. The summed E-state index contributed by atoms with van der Waals surface area (Å²) in [5.74, 6) is 1.22. The maximum Gasteiger partial charge on any atom is 0.238 e. The van der Waals surface area contributed by atoms with Gasteiger partial charge in [0.25, 0.3) is 0 Å². The summed E-state index contributed by atoms with van der Waals surface area (Å²) in [5.41, 5.74) is 6.12. The van der Waals surface area contributed by atoms with Gasteiger partial charge in [0, 0.05) is 79.9 Å². The third-order valence-corrected chi connectivity index (χ3v) is 18.0. The lowest BCUT2D eigenvalue weighted by Gasteiger charge is -2.48. The normalized spacial score (nSPS) is 27.0. The fourth-order valence-electron chi connectivity index (χ4n) is 13.5. The number of amides is 5. The Balaban J connectivity index is 0.681. The zero-order valence-corrected chi connectivity index (χ0v) is 42.2. The van der Waals surface area contributed by atoms with Gasteiger partial charge >= 0.3 is 0 Å². The van der Waals surface area contributed by atoms with E-state index in [1.54, 1.807) is 0 Å². The summed E-state index contributed by atoms with van der Waals surface area (Å²) in [4.78, 5) is 86.2. The number of fused-ring (bicyclic) bond motifs is 3. The predicted octanol–water partition coefficient (Wildman–Crippen LogP) is 7.87. The molecule has 4 saturated heterocycles. The minimum Gasteiger partial charge on any atom is -0.490 e. The summed E-state index contributed by atoms with van der Waals surface area (Å²) in [5, 5.41) is 6.14. The molecular formula is C57H71N9O6. The van der Waals surface area contributed by atoms with Gasteiger partial charge in [0.15, 0.2) is 5.82 Å². The van der Waals surface area contributed by atoms with Gasteiger partial charge in [-0.2, -0.15) is 0 Å². The molecule has 15 heteroatoms. The number of imide groups is 1. The topological polar surface area (TPSA) is 162 Å². The van der Waals surface area contributed by atoms with E-state index in [0.717, 1.165) is 115 Å². The van der Waals surface area contributed by atoms with Crippen molar-refractivity contribution in [2.75, 3.05) is 49.5 Å². The van der Waals surface area contributed by atoms with Gasteiger partial charge in [-0.3, -0.25) is 29.3 Å². The second-order valence-electron chi connectivity index (χ2n) is 22.8. The summed E-state index contributed by atoms with van der Waals surface area (Å²) in [6.07, 6.45) is 16.5. The zero-order valence-electron chi connectivity index (χ0n) is 42.2. The fraction of sp³-hybridized carbons (Fsp3) is 0.596. The molecule has 380 valence electrons. The number of nitrogens with one attached hydrogen (secondary N) is 2. The van der Waals surface area contributed by atoms with E-state index in [9.17, 15) is 19.2 Å². The molecule has 7 heterocycles. The maximum absolute atomic E-state index is 15.2. The molecule has 1 unspecified atom stereocenters. The van der Waals surface area contributed by atoms with E-state index in [-0.39, 0.29) is 65.5 Å². The molecule has 4 aromatic rings. The molecule has 1 atom stereocenters. The highest BCUT2D eigenvalue weighted by Crippen LogP contribution is 2.52. The van der Waals surface area contributed by atoms with Crippen molar-refractivity contribution in [3.05, 3.63) is 66.0 Å². The third-order valence-electron chi connectivity index (χ3n) is 18.0. The molecule has 0 radical (unpaired) electrons. The Bertz CT molecular complexity index is 2730. The van der Waals surface area contributed by atoms with Crippen LogP contribution in [0.2, 0.25) is 0 Å². The van der Waals surface area contributed by atoms with Crippen LogP contribution >= 0.6 is 0 Å². The van der Waals surface area contributed by atoms with Crippen molar-refractivity contribution in [1.29, 1.82) is 0 Å².